The molecule has 0 atom stereocenters. The van der Waals surface area contributed by atoms with E-state index in [9.17, 15) is 0 Å². The molecule has 0 N–H and O–H groups in total. The number of hydrogen-bond donors (Lipinski definition) is 0. The lowest BCUT2D eigenvalue weighted by molar-refractivity contribution is 0.167. The highest BCUT2D eigenvalue weighted by molar-refractivity contribution is 7.12. The summed E-state index contributed by atoms with van der Waals surface area (Å²) in [5.41, 5.74) is 2.94. The molecule has 1 heterocycles. The van der Waals surface area contributed by atoms with Gasteiger partial charge in [-0.15, -0.1) is 11.3 Å². The van der Waals surface area contributed by atoms with E-state index in [2.05, 4.69) is 41.5 Å². The largest absolute Gasteiger partial charge is 0.380 e. The Morgan fingerprint density at radius 2 is 1.05 bits per heavy atom. The fraction of sp³-hybridized carbons (Fsp3) is 0.750. The third kappa shape index (κ3) is 3.80. The monoisotopic (exact) mass is 284 g/mol. The van der Waals surface area contributed by atoms with E-state index in [4.69, 9.17) is 9.47 Å². The molecule has 0 aliphatic carbocycles. The van der Waals surface area contributed by atoms with Crippen molar-refractivity contribution in [3.8, 4) is 0 Å². The Labute approximate surface area is 122 Å². The Hall–Kier alpha value is -0.380. The maximum absolute atomic E-state index is 5.43. The molecule has 0 saturated heterocycles. The molecule has 0 unspecified atom stereocenters. The number of thiophene rings is 1. The van der Waals surface area contributed by atoms with E-state index in [1.54, 1.807) is 14.2 Å². The molecule has 0 radical (unpaired) electrons. The zero-order valence-corrected chi connectivity index (χ0v) is 14.5. The van der Waals surface area contributed by atoms with Crippen molar-refractivity contribution in [2.75, 3.05) is 14.2 Å². The van der Waals surface area contributed by atoms with Crippen LogP contribution in [-0.4, -0.2) is 14.2 Å². The molecule has 0 saturated carbocycles. The van der Waals surface area contributed by atoms with Crippen LogP contribution in [0.1, 0.15) is 62.4 Å². The van der Waals surface area contributed by atoms with Crippen LogP contribution in [0.5, 0.6) is 0 Å². The van der Waals surface area contributed by atoms with Crippen LogP contribution in [0, 0.1) is 0 Å². The van der Waals surface area contributed by atoms with Gasteiger partial charge >= 0.3 is 0 Å². The number of methoxy groups -OCH3 is 2. The van der Waals surface area contributed by atoms with Crippen LogP contribution in [0.3, 0.4) is 0 Å². The van der Waals surface area contributed by atoms with E-state index in [0.29, 0.717) is 13.2 Å². The maximum Gasteiger partial charge on any atom is 0.0727 e. The zero-order chi connectivity index (χ0) is 14.8. The van der Waals surface area contributed by atoms with Crippen molar-refractivity contribution in [1.29, 1.82) is 0 Å². The molecule has 0 aliphatic rings. The van der Waals surface area contributed by atoms with E-state index in [1.165, 1.54) is 20.9 Å². The first-order valence-electron chi connectivity index (χ1n) is 6.76. The summed E-state index contributed by atoms with van der Waals surface area (Å²) in [5, 5.41) is 0. The van der Waals surface area contributed by atoms with E-state index >= 15 is 0 Å². The van der Waals surface area contributed by atoms with Crippen LogP contribution in [0.15, 0.2) is 0 Å². The van der Waals surface area contributed by atoms with Crippen molar-refractivity contribution in [3.63, 3.8) is 0 Å². The van der Waals surface area contributed by atoms with Gasteiger partial charge in [-0.1, -0.05) is 41.5 Å². The van der Waals surface area contributed by atoms with Gasteiger partial charge < -0.3 is 9.47 Å². The van der Waals surface area contributed by atoms with E-state index < -0.39 is 0 Å². The highest BCUT2D eigenvalue weighted by Crippen LogP contribution is 2.43. The van der Waals surface area contributed by atoms with Gasteiger partial charge in [0, 0.05) is 24.0 Å². The van der Waals surface area contributed by atoms with Gasteiger partial charge in [0.1, 0.15) is 0 Å². The van der Waals surface area contributed by atoms with Crippen molar-refractivity contribution < 1.29 is 9.47 Å². The third-order valence-electron chi connectivity index (χ3n) is 3.06. The predicted molar refractivity (Wildman–Crippen MR) is 83.1 cm³/mol. The smallest absolute Gasteiger partial charge is 0.0727 e. The number of rotatable bonds is 4. The minimum absolute atomic E-state index is 0.143. The topological polar surface area (TPSA) is 18.5 Å². The molecule has 110 valence electrons. The van der Waals surface area contributed by atoms with E-state index in [0.717, 1.165) is 0 Å². The lowest BCUT2D eigenvalue weighted by Gasteiger charge is -2.19. The lowest BCUT2D eigenvalue weighted by Crippen LogP contribution is -2.13. The molecular formula is C16H28O2S. The predicted octanol–water partition coefficient (Wildman–Crippen LogP) is 4.64. The SMILES string of the molecule is COCc1c(C(C)(C)C)sc(C(C)(C)C)c1COC. The fourth-order valence-corrected chi connectivity index (χ4v) is 3.73. The van der Waals surface area contributed by atoms with Gasteiger partial charge in [0.05, 0.1) is 13.2 Å². The average Bonchev–Trinajstić information content (AvgIpc) is 2.58. The standard InChI is InChI=1S/C16H28O2S/c1-15(2,3)13-11(9-17-7)12(10-18-8)14(19-13)16(4,5)6/h9-10H2,1-8H3. The molecule has 0 spiro atoms. The molecule has 19 heavy (non-hydrogen) atoms. The van der Waals surface area contributed by atoms with Crippen molar-refractivity contribution >= 4 is 11.3 Å². The number of hydrogen-bond acceptors (Lipinski definition) is 3. The summed E-state index contributed by atoms with van der Waals surface area (Å²) in [4.78, 5) is 2.85. The second-order valence-electron chi connectivity index (χ2n) is 7.08. The third-order valence-corrected chi connectivity index (χ3v) is 5.18. The first-order chi connectivity index (χ1) is 8.62. The molecule has 1 rings (SSSR count). The minimum Gasteiger partial charge on any atom is -0.380 e. The summed E-state index contributed by atoms with van der Waals surface area (Å²) >= 11 is 1.92. The quantitative estimate of drug-likeness (QED) is 0.802. The van der Waals surface area contributed by atoms with Crippen LogP contribution in [0.4, 0.5) is 0 Å². The van der Waals surface area contributed by atoms with Crippen LogP contribution in [-0.2, 0) is 33.5 Å². The van der Waals surface area contributed by atoms with Gasteiger partial charge in [-0.05, 0) is 22.0 Å². The van der Waals surface area contributed by atoms with Crippen LogP contribution in [0.2, 0.25) is 0 Å². The Morgan fingerprint density at radius 3 is 1.26 bits per heavy atom. The highest BCUT2D eigenvalue weighted by Gasteiger charge is 2.30. The second kappa shape index (κ2) is 5.94. The first-order valence-corrected chi connectivity index (χ1v) is 7.58. The van der Waals surface area contributed by atoms with Crippen molar-refractivity contribution in [3.05, 3.63) is 20.9 Å². The van der Waals surface area contributed by atoms with Gasteiger partial charge in [-0.25, -0.2) is 0 Å². The van der Waals surface area contributed by atoms with Gasteiger partial charge in [0.15, 0.2) is 0 Å². The van der Waals surface area contributed by atoms with Gasteiger partial charge in [0.2, 0.25) is 0 Å². The number of ether oxygens (including phenoxy) is 2. The first kappa shape index (κ1) is 16.7. The van der Waals surface area contributed by atoms with Crippen LogP contribution < -0.4 is 0 Å². The van der Waals surface area contributed by atoms with E-state index in [1.807, 2.05) is 11.3 Å². The molecular weight excluding hydrogens is 256 g/mol. The maximum atomic E-state index is 5.43. The molecule has 1 aromatic heterocycles. The molecule has 0 bridgehead atoms. The molecule has 0 amide bonds. The lowest BCUT2D eigenvalue weighted by atomic mass is 9.87. The van der Waals surface area contributed by atoms with Crippen LogP contribution >= 0.6 is 11.3 Å². The van der Waals surface area contributed by atoms with Crippen molar-refractivity contribution in [2.24, 2.45) is 0 Å². The van der Waals surface area contributed by atoms with Crippen molar-refractivity contribution in [2.45, 2.75) is 65.6 Å². The molecule has 2 nitrogen and oxygen atoms in total. The Balaban J connectivity index is 3.49. The molecule has 0 fully saturated rings. The molecule has 3 heteroatoms. The zero-order valence-electron chi connectivity index (χ0n) is 13.6. The van der Waals surface area contributed by atoms with Crippen molar-refractivity contribution in [1.82, 2.24) is 0 Å². The summed E-state index contributed by atoms with van der Waals surface area (Å²) in [5.74, 6) is 0. The Kier molecular flexibility index (Phi) is 5.21. The summed E-state index contributed by atoms with van der Waals surface area (Å²) in [6.45, 7) is 14.9. The van der Waals surface area contributed by atoms with Gasteiger partial charge in [-0.3, -0.25) is 0 Å². The van der Waals surface area contributed by atoms with Crippen LogP contribution in [0.25, 0.3) is 0 Å². The van der Waals surface area contributed by atoms with E-state index in [-0.39, 0.29) is 10.8 Å². The summed E-state index contributed by atoms with van der Waals surface area (Å²) in [6, 6.07) is 0. The summed E-state index contributed by atoms with van der Waals surface area (Å²) in [6.07, 6.45) is 0. The highest BCUT2D eigenvalue weighted by atomic mass is 32.1. The fourth-order valence-electron chi connectivity index (χ4n) is 2.30. The molecule has 1 aromatic rings. The Bertz CT molecular complexity index is 381. The summed E-state index contributed by atoms with van der Waals surface area (Å²) < 4.78 is 10.9. The Morgan fingerprint density at radius 1 is 0.737 bits per heavy atom. The van der Waals surface area contributed by atoms with Gasteiger partial charge in [0.25, 0.3) is 0 Å². The van der Waals surface area contributed by atoms with Gasteiger partial charge in [-0.2, -0.15) is 0 Å². The minimum atomic E-state index is 0.143. The average molecular weight is 284 g/mol. The summed E-state index contributed by atoms with van der Waals surface area (Å²) in [7, 11) is 3.52. The normalized spacial score (nSPS) is 13.1. The molecule has 0 aliphatic heterocycles. The molecule has 0 aromatic carbocycles. The second-order valence-corrected chi connectivity index (χ2v) is 8.10.